The number of carbonyl (C=O) groups excluding carboxylic acids is 1. The van der Waals surface area contributed by atoms with Crippen LogP contribution in [0.2, 0.25) is 0 Å². The molecule has 6 nitrogen and oxygen atoms in total. The van der Waals surface area contributed by atoms with Crippen molar-refractivity contribution in [3.8, 4) is 11.5 Å². The minimum absolute atomic E-state index is 0.207. The Kier molecular flexibility index (Phi) is 6.08. The highest BCUT2D eigenvalue weighted by molar-refractivity contribution is 7.80. The Balaban J connectivity index is 2.02. The first-order valence-electron chi connectivity index (χ1n) is 9.23. The van der Waals surface area contributed by atoms with Crippen LogP contribution < -0.4 is 25.4 Å². The van der Waals surface area contributed by atoms with Gasteiger partial charge in [0.1, 0.15) is 11.5 Å². The lowest BCUT2D eigenvalue weighted by Crippen LogP contribution is -2.45. The van der Waals surface area contributed by atoms with Crippen molar-refractivity contribution < 1.29 is 14.3 Å². The van der Waals surface area contributed by atoms with Crippen LogP contribution in [0.1, 0.15) is 29.7 Å². The summed E-state index contributed by atoms with van der Waals surface area (Å²) in [7, 11) is 3.18. The van der Waals surface area contributed by atoms with Gasteiger partial charge in [0.25, 0.3) is 5.91 Å². The smallest absolute Gasteiger partial charge is 0.255 e. The molecule has 29 heavy (non-hydrogen) atoms. The molecule has 1 amide bonds. The molecule has 0 unspecified atom stereocenters. The van der Waals surface area contributed by atoms with Crippen molar-refractivity contribution in [3.05, 3.63) is 64.4 Å². The maximum Gasteiger partial charge on any atom is 0.255 e. The summed E-state index contributed by atoms with van der Waals surface area (Å²) in [6, 6.07) is 10.9. The average molecular weight is 412 g/mol. The maximum atomic E-state index is 13.3. The van der Waals surface area contributed by atoms with Gasteiger partial charge in [-0.1, -0.05) is 12.1 Å². The zero-order valence-electron chi connectivity index (χ0n) is 17.2. The van der Waals surface area contributed by atoms with Gasteiger partial charge in [-0.2, -0.15) is 0 Å². The Morgan fingerprint density at radius 3 is 2.55 bits per heavy atom. The number of ether oxygens (including phenoxy) is 2. The number of hydrogen-bond acceptors (Lipinski definition) is 4. The number of rotatable bonds is 5. The molecule has 7 heteroatoms. The minimum atomic E-state index is -0.463. The molecule has 152 valence electrons. The van der Waals surface area contributed by atoms with Crippen molar-refractivity contribution in [1.29, 1.82) is 0 Å². The normalized spacial score (nSPS) is 16.0. The van der Waals surface area contributed by atoms with Crippen molar-refractivity contribution in [1.82, 2.24) is 10.6 Å². The highest BCUT2D eigenvalue weighted by atomic mass is 32.1. The first-order valence-corrected chi connectivity index (χ1v) is 9.64. The van der Waals surface area contributed by atoms with Crippen LogP contribution in [0.25, 0.3) is 0 Å². The van der Waals surface area contributed by atoms with Gasteiger partial charge in [0.15, 0.2) is 5.11 Å². The Hall–Kier alpha value is -3.06. The van der Waals surface area contributed by atoms with Gasteiger partial charge in [0, 0.05) is 23.0 Å². The van der Waals surface area contributed by atoms with Gasteiger partial charge in [0.05, 0.1) is 25.8 Å². The highest BCUT2D eigenvalue weighted by Crippen LogP contribution is 2.36. The lowest BCUT2D eigenvalue weighted by Gasteiger charge is -2.31. The van der Waals surface area contributed by atoms with Crippen LogP contribution in [0.5, 0.6) is 11.5 Å². The largest absolute Gasteiger partial charge is 0.497 e. The van der Waals surface area contributed by atoms with E-state index in [0.717, 1.165) is 22.4 Å². The summed E-state index contributed by atoms with van der Waals surface area (Å²) in [5.74, 6) is 1.07. The van der Waals surface area contributed by atoms with E-state index in [1.54, 1.807) is 20.3 Å². The summed E-state index contributed by atoms with van der Waals surface area (Å²) in [5.41, 5.74) is 4.96. The fourth-order valence-corrected chi connectivity index (χ4v) is 3.63. The molecule has 0 aromatic heterocycles. The van der Waals surface area contributed by atoms with E-state index in [9.17, 15) is 4.79 Å². The first-order chi connectivity index (χ1) is 13.8. The van der Waals surface area contributed by atoms with Crippen LogP contribution in [0, 0.1) is 13.8 Å². The Labute approximate surface area is 176 Å². The zero-order valence-corrected chi connectivity index (χ0v) is 18.0. The lowest BCUT2D eigenvalue weighted by atomic mass is 9.93. The molecular weight excluding hydrogens is 386 g/mol. The molecule has 0 saturated carbocycles. The van der Waals surface area contributed by atoms with Crippen molar-refractivity contribution in [2.24, 2.45) is 0 Å². The second-order valence-corrected chi connectivity index (χ2v) is 7.29. The van der Waals surface area contributed by atoms with E-state index in [0.29, 0.717) is 27.9 Å². The maximum absolute atomic E-state index is 13.3. The summed E-state index contributed by atoms with van der Waals surface area (Å²) < 4.78 is 10.8. The molecule has 0 saturated heterocycles. The van der Waals surface area contributed by atoms with E-state index < -0.39 is 6.04 Å². The molecule has 0 radical (unpaired) electrons. The first kappa shape index (κ1) is 20.7. The number of aryl methyl sites for hydroxylation is 1. The quantitative estimate of drug-likeness (QED) is 0.651. The fraction of sp³-hybridized carbons (Fsp3) is 0.273. The molecule has 2 aromatic carbocycles. The Bertz CT molecular complexity index is 1000. The molecule has 0 fully saturated rings. The van der Waals surface area contributed by atoms with E-state index in [-0.39, 0.29) is 5.91 Å². The molecular formula is C22H25N3O3S. The van der Waals surface area contributed by atoms with Gasteiger partial charge in [-0.05, 0) is 62.3 Å². The Morgan fingerprint density at radius 1 is 1.10 bits per heavy atom. The molecule has 1 aliphatic heterocycles. The predicted molar refractivity (Wildman–Crippen MR) is 118 cm³/mol. The molecule has 0 bridgehead atoms. The number of nitrogens with one attached hydrogen (secondary N) is 3. The number of benzene rings is 2. The van der Waals surface area contributed by atoms with Crippen LogP contribution in [0.3, 0.4) is 0 Å². The lowest BCUT2D eigenvalue weighted by molar-refractivity contribution is -0.113. The monoisotopic (exact) mass is 411 g/mol. The minimum Gasteiger partial charge on any atom is -0.497 e. The van der Waals surface area contributed by atoms with Crippen LogP contribution >= 0.6 is 12.2 Å². The van der Waals surface area contributed by atoms with E-state index in [1.165, 1.54) is 0 Å². The highest BCUT2D eigenvalue weighted by Gasteiger charge is 2.32. The summed E-state index contributed by atoms with van der Waals surface area (Å²) in [5, 5.41) is 9.75. The number of hydrogen-bond donors (Lipinski definition) is 3. The van der Waals surface area contributed by atoms with Gasteiger partial charge < -0.3 is 25.4 Å². The number of allylic oxidation sites excluding steroid dienone is 1. The third-order valence-electron chi connectivity index (χ3n) is 5.12. The van der Waals surface area contributed by atoms with E-state index in [4.69, 9.17) is 21.7 Å². The molecule has 1 heterocycles. The van der Waals surface area contributed by atoms with Crippen LogP contribution in [-0.2, 0) is 4.79 Å². The number of thiocarbonyl (C=S) groups is 1. The van der Waals surface area contributed by atoms with Crippen LogP contribution in [-0.4, -0.2) is 25.2 Å². The number of carbonyl (C=O) groups is 1. The van der Waals surface area contributed by atoms with E-state index in [1.807, 2.05) is 51.1 Å². The molecule has 1 atom stereocenters. The summed E-state index contributed by atoms with van der Waals surface area (Å²) >= 11 is 5.34. The number of methoxy groups -OCH3 is 2. The molecule has 0 spiro atoms. The molecule has 0 aliphatic carbocycles. The fourth-order valence-electron chi connectivity index (χ4n) is 3.36. The Morgan fingerprint density at radius 2 is 1.86 bits per heavy atom. The van der Waals surface area contributed by atoms with Crippen molar-refractivity contribution in [3.63, 3.8) is 0 Å². The van der Waals surface area contributed by atoms with Crippen molar-refractivity contribution in [2.45, 2.75) is 26.8 Å². The molecule has 2 aromatic rings. The van der Waals surface area contributed by atoms with Crippen molar-refractivity contribution in [2.75, 3.05) is 19.5 Å². The SMILES string of the molecule is COc1ccc([C@H]2NC(=S)NC(C)=C2C(=O)Nc2cccc(C)c2C)c(OC)c1. The standard InChI is InChI=1S/C22H25N3O3S/c1-12-7-6-8-17(13(12)2)24-21(26)19-14(3)23-22(29)25-20(19)16-10-9-15(27-4)11-18(16)28-5/h6-11,20H,1-5H3,(H,24,26)(H2,23,25,29)/t20-/m1/s1. The van der Waals surface area contributed by atoms with Crippen LogP contribution in [0.4, 0.5) is 5.69 Å². The second kappa shape index (κ2) is 8.53. The predicted octanol–water partition coefficient (Wildman–Crippen LogP) is 3.75. The van der Waals surface area contributed by atoms with Crippen LogP contribution in [0.15, 0.2) is 47.7 Å². The zero-order chi connectivity index (χ0) is 21.1. The van der Waals surface area contributed by atoms with E-state index in [2.05, 4.69) is 16.0 Å². The topological polar surface area (TPSA) is 71.6 Å². The van der Waals surface area contributed by atoms with E-state index >= 15 is 0 Å². The third kappa shape index (κ3) is 4.19. The van der Waals surface area contributed by atoms with Crippen molar-refractivity contribution >= 4 is 28.9 Å². The number of amides is 1. The molecule has 3 N–H and O–H groups in total. The van der Waals surface area contributed by atoms with Gasteiger partial charge >= 0.3 is 0 Å². The molecule has 3 rings (SSSR count). The summed E-state index contributed by atoms with van der Waals surface area (Å²) in [6.45, 7) is 5.85. The average Bonchev–Trinajstić information content (AvgIpc) is 2.70. The summed E-state index contributed by atoms with van der Waals surface area (Å²) in [4.78, 5) is 13.3. The molecule has 1 aliphatic rings. The van der Waals surface area contributed by atoms with Gasteiger partial charge in [-0.3, -0.25) is 4.79 Å². The van der Waals surface area contributed by atoms with Gasteiger partial charge in [0.2, 0.25) is 0 Å². The third-order valence-corrected chi connectivity index (χ3v) is 5.34. The number of anilines is 1. The van der Waals surface area contributed by atoms with Gasteiger partial charge in [-0.15, -0.1) is 0 Å². The van der Waals surface area contributed by atoms with Gasteiger partial charge in [-0.25, -0.2) is 0 Å². The summed E-state index contributed by atoms with van der Waals surface area (Å²) in [6.07, 6.45) is 0. The second-order valence-electron chi connectivity index (χ2n) is 6.88.